The lowest BCUT2D eigenvalue weighted by Crippen LogP contribution is -1.93. The van der Waals surface area contributed by atoms with Crippen molar-refractivity contribution >= 4 is 17.7 Å². The first-order valence-corrected chi connectivity index (χ1v) is 5.66. The second-order valence-electron chi connectivity index (χ2n) is 3.36. The molecule has 0 spiro atoms. The zero-order valence-corrected chi connectivity index (χ0v) is 11.1. The maximum absolute atomic E-state index is 5.20. The predicted molar refractivity (Wildman–Crippen MR) is 81.1 cm³/mol. The van der Waals surface area contributed by atoms with Crippen molar-refractivity contribution in [3.05, 3.63) is 48.8 Å². The Hall–Kier alpha value is -3.07. The van der Waals surface area contributed by atoms with Crippen LogP contribution in [0.15, 0.2) is 63.4 Å². The molecule has 0 fully saturated rings. The third-order valence-electron chi connectivity index (χ3n) is 1.96. The molecule has 6 nitrogen and oxygen atoms in total. The van der Waals surface area contributed by atoms with Crippen molar-refractivity contribution in [3.8, 4) is 11.8 Å². The van der Waals surface area contributed by atoms with Crippen LogP contribution in [0.5, 0.6) is 0 Å². The Morgan fingerprint density at radius 1 is 1.35 bits per heavy atom. The van der Waals surface area contributed by atoms with E-state index in [1.54, 1.807) is 25.4 Å². The van der Waals surface area contributed by atoms with Gasteiger partial charge in [0.25, 0.3) is 0 Å². The molecule has 2 N–H and O–H groups in total. The van der Waals surface area contributed by atoms with E-state index in [0.29, 0.717) is 11.4 Å². The fourth-order valence-electron chi connectivity index (χ4n) is 1.06. The molecule has 0 atom stereocenters. The maximum Gasteiger partial charge on any atom is 0.193 e. The summed E-state index contributed by atoms with van der Waals surface area (Å²) in [5, 5.41) is 11.2. The molecule has 0 aliphatic rings. The Morgan fingerprint density at radius 2 is 2.20 bits per heavy atom. The van der Waals surface area contributed by atoms with Crippen molar-refractivity contribution in [2.24, 2.45) is 26.2 Å². The van der Waals surface area contributed by atoms with E-state index in [4.69, 9.17) is 5.84 Å². The lowest BCUT2D eigenvalue weighted by atomic mass is 10.3. The topological polar surface area (TPSA) is 88.3 Å². The summed E-state index contributed by atoms with van der Waals surface area (Å²) in [4.78, 5) is 7.82. The molecule has 0 saturated heterocycles. The largest absolute Gasteiger partial charge is 0.321 e. The van der Waals surface area contributed by atoms with Gasteiger partial charge in [0.05, 0.1) is 11.9 Å². The fraction of sp³-hybridized carbons (Fsp3) is 0.0714. The van der Waals surface area contributed by atoms with E-state index in [0.717, 1.165) is 0 Å². The molecule has 6 heteroatoms. The minimum atomic E-state index is 0.227. The average molecular weight is 266 g/mol. The van der Waals surface area contributed by atoms with Crippen LogP contribution in [0.4, 0.5) is 0 Å². The molecule has 20 heavy (non-hydrogen) atoms. The van der Waals surface area contributed by atoms with Crippen molar-refractivity contribution in [3.63, 3.8) is 0 Å². The van der Waals surface area contributed by atoms with Gasteiger partial charge in [-0.25, -0.2) is 0 Å². The monoisotopic (exact) mass is 266 g/mol. The molecule has 0 aliphatic heterocycles. The summed E-state index contributed by atoms with van der Waals surface area (Å²) in [5.41, 5.74) is 1.06. The maximum atomic E-state index is 5.20. The van der Waals surface area contributed by atoms with Crippen LogP contribution in [0.25, 0.3) is 5.70 Å². The molecule has 0 saturated carbocycles. The van der Waals surface area contributed by atoms with Gasteiger partial charge >= 0.3 is 0 Å². The summed E-state index contributed by atoms with van der Waals surface area (Å²) in [7, 11) is 1.64. The lowest BCUT2D eigenvalue weighted by molar-refractivity contribution is 1.17. The van der Waals surface area contributed by atoms with Crippen LogP contribution in [0.1, 0.15) is 5.69 Å². The zero-order chi connectivity index (χ0) is 14.6. The standard InChI is InChI=1S/C14H14N6/c1-12(13-8-5-7-11-17-13)19-20-14(18-15)9-4-3-6-10-16-2/h4-5,7-11H,1,15H2,2H3/b9-4+,16-10?,18-14-,20-19?. The molecule has 100 valence electrons. The first-order valence-electron chi connectivity index (χ1n) is 5.66. The van der Waals surface area contributed by atoms with E-state index < -0.39 is 0 Å². The van der Waals surface area contributed by atoms with Crippen molar-refractivity contribution in [1.29, 1.82) is 0 Å². The van der Waals surface area contributed by atoms with Crippen LogP contribution in [0, 0.1) is 11.8 Å². The quantitative estimate of drug-likeness (QED) is 0.226. The van der Waals surface area contributed by atoms with Crippen LogP contribution in [-0.4, -0.2) is 24.1 Å². The van der Waals surface area contributed by atoms with Crippen LogP contribution in [0.2, 0.25) is 0 Å². The van der Waals surface area contributed by atoms with Crippen molar-refractivity contribution in [2.75, 3.05) is 7.05 Å². The predicted octanol–water partition coefficient (Wildman–Crippen LogP) is 2.04. The third kappa shape index (κ3) is 5.51. The van der Waals surface area contributed by atoms with Gasteiger partial charge in [-0.05, 0) is 24.3 Å². The normalized spacial score (nSPS) is 11.9. The number of aromatic nitrogens is 1. The highest BCUT2D eigenvalue weighted by atomic mass is 15.2. The molecule has 0 amide bonds. The molecular weight excluding hydrogens is 252 g/mol. The number of azo groups is 1. The number of nitrogens with two attached hydrogens (primary N) is 1. The Bertz CT molecular complexity index is 614. The summed E-state index contributed by atoms with van der Waals surface area (Å²) in [6.07, 6.45) is 6.22. The first kappa shape index (κ1) is 15.0. The number of hydrogen-bond donors (Lipinski definition) is 1. The molecule has 0 bridgehead atoms. The van der Waals surface area contributed by atoms with E-state index in [2.05, 4.69) is 43.7 Å². The van der Waals surface area contributed by atoms with Gasteiger partial charge < -0.3 is 5.84 Å². The number of rotatable bonds is 3. The highest BCUT2D eigenvalue weighted by Gasteiger charge is 1.97. The van der Waals surface area contributed by atoms with E-state index in [-0.39, 0.29) is 5.84 Å². The Labute approximate surface area is 117 Å². The second kappa shape index (κ2) is 8.94. The SMILES string of the molecule is C=C(N=NC(/C=C/C#CC=NC)=N\N)c1ccccn1. The molecule has 1 heterocycles. The average Bonchev–Trinajstić information content (AvgIpc) is 2.50. The van der Waals surface area contributed by atoms with Crippen molar-refractivity contribution in [2.45, 2.75) is 0 Å². The number of aliphatic imine (C=N–C) groups is 1. The molecule has 0 radical (unpaired) electrons. The molecule has 0 aliphatic carbocycles. The Kier molecular flexibility index (Phi) is 6.70. The molecular formula is C14H14N6. The summed E-state index contributed by atoms with van der Waals surface area (Å²) in [6, 6.07) is 5.43. The number of hydrogen-bond acceptors (Lipinski definition) is 5. The first-order chi connectivity index (χ1) is 9.77. The van der Waals surface area contributed by atoms with E-state index >= 15 is 0 Å². The van der Waals surface area contributed by atoms with Crippen molar-refractivity contribution < 1.29 is 0 Å². The van der Waals surface area contributed by atoms with Gasteiger partial charge in [0.15, 0.2) is 5.84 Å². The third-order valence-corrected chi connectivity index (χ3v) is 1.96. The number of pyridine rings is 1. The lowest BCUT2D eigenvalue weighted by Gasteiger charge is -1.96. The van der Waals surface area contributed by atoms with Crippen LogP contribution in [0.3, 0.4) is 0 Å². The summed E-state index contributed by atoms with van der Waals surface area (Å²) >= 11 is 0. The summed E-state index contributed by atoms with van der Waals surface area (Å²) in [6.45, 7) is 3.76. The molecule has 1 rings (SSSR count). The van der Waals surface area contributed by atoms with Gasteiger partial charge in [0.1, 0.15) is 5.70 Å². The van der Waals surface area contributed by atoms with E-state index in [1.807, 2.05) is 12.1 Å². The minimum absolute atomic E-state index is 0.227. The van der Waals surface area contributed by atoms with E-state index in [1.165, 1.54) is 12.3 Å². The summed E-state index contributed by atoms with van der Waals surface area (Å²) in [5.74, 6) is 10.8. The van der Waals surface area contributed by atoms with Gasteiger partial charge in [-0.3, -0.25) is 9.98 Å². The van der Waals surface area contributed by atoms with E-state index in [9.17, 15) is 0 Å². The minimum Gasteiger partial charge on any atom is -0.321 e. The molecule has 1 aromatic rings. The number of amidine groups is 1. The number of hydrazone groups is 1. The molecule has 0 unspecified atom stereocenters. The summed E-state index contributed by atoms with van der Waals surface area (Å²) < 4.78 is 0. The Balaban J connectivity index is 2.68. The smallest absolute Gasteiger partial charge is 0.193 e. The van der Waals surface area contributed by atoms with Gasteiger partial charge in [0, 0.05) is 13.2 Å². The van der Waals surface area contributed by atoms with Gasteiger partial charge in [0.2, 0.25) is 0 Å². The van der Waals surface area contributed by atoms with Gasteiger partial charge in [-0.1, -0.05) is 24.5 Å². The fourth-order valence-corrected chi connectivity index (χ4v) is 1.06. The number of nitrogens with zero attached hydrogens (tertiary/aromatic N) is 5. The van der Waals surface area contributed by atoms with Crippen molar-refractivity contribution in [1.82, 2.24) is 4.98 Å². The molecule has 1 aromatic heterocycles. The van der Waals surface area contributed by atoms with Crippen LogP contribution < -0.4 is 5.84 Å². The second-order valence-corrected chi connectivity index (χ2v) is 3.36. The number of allylic oxidation sites excluding steroid dienone is 1. The van der Waals surface area contributed by atoms with Gasteiger partial charge in [-0.15, -0.1) is 10.2 Å². The van der Waals surface area contributed by atoms with Gasteiger partial charge in [-0.2, -0.15) is 5.10 Å². The zero-order valence-electron chi connectivity index (χ0n) is 11.1. The van der Waals surface area contributed by atoms with Crippen LogP contribution in [-0.2, 0) is 0 Å². The highest BCUT2D eigenvalue weighted by Crippen LogP contribution is 2.10. The highest BCUT2D eigenvalue weighted by molar-refractivity contribution is 5.94. The molecule has 0 aromatic carbocycles. The Morgan fingerprint density at radius 3 is 2.85 bits per heavy atom. The van der Waals surface area contributed by atoms with Crippen LogP contribution >= 0.6 is 0 Å².